The molecule has 1 aromatic heterocycles. The maximum Gasteiger partial charge on any atom is 0.161 e. The molecule has 3 aromatic rings. The van der Waals surface area contributed by atoms with Crippen molar-refractivity contribution >= 4 is 28.2 Å². The number of ether oxygens (including phenoxy) is 2. The van der Waals surface area contributed by atoms with Gasteiger partial charge in [-0.05, 0) is 30.3 Å². The molecule has 0 aliphatic carbocycles. The number of nitrogen functional groups attached to an aromatic ring is 1. The van der Waals surface area contributed by atoms with E-state index < -0.39 is 0 Å². The molecule has 22 heavy (non-hydrogen) atoms. The number of fused-ring (bicyclic) bond motifs is 1. The molecule has 3 rings (SSSR count). The average Bonchev–Trinajstić information content (AvgIpc) is 2.49. The van der Waals surface area contributed by atoms with Gasteiger partial charge in [0.15, 0.2) is 11.5 Å². The third-order valence-corrected chi connectivity index (χ3v) is 3.47. The van der Waals surface area contributed by atoms with Crippen LogP contribution in [-0.4, -0.2) is 17.2 Å². The van der Waals surface area contributed by atoms with E-state index in [0.717, 1.165) is 0 Å². The van der Waals surface area contributed by atoms with Gasteiger partial charge < -0.3 is 20.3 Å². The van der Waals surface area contributed by atoms with Gasteiger partial charge in [0.2, 0.25) is 0 Å². The van der Waals surface area contributed by atoms with Crippen LogP contribution >= 0.6 is 11.6 Å². The number of anilines is 1. The summed E-state index contributed by atoms with van der Waals surface area (Å²) in [5, 5.41) is 10.9. The molecule has 112 valence electrons. The lowest BCUT2D eigenvalue weighted by Gasteiger charge is -2.12. The molecule has 0 aliphatic rings. The van der Waals surface area contributed by atoms with Crippen LogP contribution in [0.3, 0.4) is 0 Å². The molecule has 0 radical (unpaired) electrons. The second-order valence-corrected chi connectivity index (χ2v) is 5.05. The fourth-order valence-electron chi connectivity index (χ4n) is 2.11. The van der Waals surface area contributed by atoms with E-state index in [-0.39, 0.29) is 5.75 Å². The van der Waals surface area contributed by atoms with Crippen LogP contribution in [0.15, 0.2) is 42.6 Å². The molecule has 0 atom stereocenters. The number of phenols is 1. The van der Waals surface area contributed by atoms with E-state index in [0.29, 0.717) is 38.9 Å². The Kier molecular flexibility index (Phi) is 3.65. The van der Waals surface area contributed by atoms with Crippen LogP contribution < -0.4 is 15.2 Å². The minimum atomic E-state index is 0.0187. The van der Waals surface area contributed by atoms with Gasteiger partial charge in [0.1, 0.15) is 11.5 Å². The fraction of sp³-hybridized carbons (Fsp3) is 0.0625. The van der Waals surface area contributed by atoms with E-state index in [2.05, 4.69) is 4.98 Å². The van der Waals surface area contributed by atoms with Crippen molar-refractivity contribution < 1.29 is 14.6 Å². The number of aromatic nitrogens is 1. The highest BCUT2D eigenvalue weighted by Crippen LogP contribution is 2.38. The van der Waals surface area contributed by atoms with Crippen molar-refractivity contribution in [1.82, 2.24) is 4.98 Å². The number of phenolic OH excluding ortho intramolecular Hbond substituents is 1. The molecule has 0 saturated heterocycles. The summed E-state index contributed by atoms with van der Waals surface area (Å²) in [6.45, 7) is 0. The second kappa shape index (κ2) is 5.61. The van der Waals surface area contributed by atoms with E-state index in [1.807, 2.05) is 0 Å². The normalized spacial score (nSPS) is 10.6. The van der Waals surface area contributed by atoms with Gasteiger partial charge in [-0.3, -0.25) is 4.98 Å². The standard InChI is InChI=1S/C16H13ClN2O3/c1-21-16-7-10-12(8-13(16)20)19-5-4-14(10)22-15-3-2-9(18)6-11(15)17/h2-8,20H,18H2,1H3. The molecule has 0 unspecified atom stereocenters. The number of hydrogen-bond acceptors (Lipinski definition) is 5. The molecule has 0 amide bonds. The third kappa shape index (κ3) is 2.58. The monoisotopic (exact) mass is 316 g/mol. The maximum atomic E-state index is 9.82. The molecular weight excluding hydrogens is 304 g/mol. The van der Waals surface area contributed by atoms with Crippen molar-refractivity contribution in [1.29, 1.82) is 0 Å². The number of nitrogens with zero attached hydrogens (tertiary/aromatic N) is 1. The molecule has 0 fully saturated rings. The zero-order chi connectivity index (χ0) is 15.7. The number of pyridine rings is 1. The van der Waals surface area contributed by atoms with E-state index in [4.69, 9.17) is 26.8 Å². The first-order valence-electron chi connectivity index (χ1n) is 6.47. The van der Waals surface area contributed by atoms with Crippen LogP contribution in [0.4, 0.5) is 5.69 Å². The number of benzene rings is 2. The van der Waals surface area contributed by atoms with Crippen molar-refractivity contribution in [3.8, 4) is 23.0 Å². The predicted octanol–water partition coefficient (Wildman–Crippen LogP) is 3.98. The Morgan fingerprint density at radius 2 is 1.91 bits per heavy atom. The number of halogens is 1. The predicted molar refractivity (Wildman–Crippen MR) is 85.9 cm³/mol. The zero-order valence-corrected chi connectivity index (χ0v) is 12.5. The van der Waals surface area contributed by atoms with Crippen LogP contribution in [0.1, 0.15) is 0 Å². The van der Waals surface area contributed by atoms with Crippen molar-refractivity contribution in [2.24, 2.45) is 0 Å². The Morgan fingerprint density at radius 1 is 1.09 bits per heavy atom. The van der Waals surface area contributed by atoms with E-state index in [1.165, 1.54) is 13.2 Å². The fourth-order valence-corrected chi connectivity index (χ4v) is 2.33. The van der Waals surface area contributed by atoms with Gasteiger partial charge in [0, 0.05) is 23.3 Å². The van der Waals surface area contributed by atoms with Crippen molar-refractivity contribution in [3.63, 3.8) is 0 Å². The molecule has 1 heterocycles. The Hall–Kier alpha value is -2.66. The second-order valence-electron chi connectivity index (χ2n) is 4.64. The van der Waals surface area contributed by atoms with Crippen LogP contribution in [-0.2, 0) is 0 Å². The summed E-state index contributed by atoms with van der Waals surface area (Å²) in [5.41, 5.74) is 6.82. The van der Waals surface area contributed by atoms with Gasteiger partial charge in [0.25, 0.3) is 0 Å². The highest BCUT2D eigenvalue weighted by molar-refractivity contribution is 6.32. The molecule has 0 spiro atoms. The van der Waals surface area contributed by atoms with Crippen LogP contribution in [0.25, 0.3) is 10.9 Å². The lowest BCUT2D eigenvalue weighted by molar-refractivity contribution is 0.374. The van der Waals surface area contributed by atoms with Gasteiger partial charge in [-0.25, -0.2) is 0 Å². The lowest BCUT2D eigenvalue weighted by atomic mass is 10.2. The maximum absolute atomic E-state index is 9.82. The summed E-state index contributed by atoms with van der Waals surface area (Å²) in [4.78, 5) is 4.21. The van der Waals surface area contributed by atoms with Gasteiger partial charge in [0.05, 0.1) is 17.6 Å². The zero-order valence-electron chi connectivity index (χ0n) is 11.7. The first-order valence-corrected chi connectivity index (χ1v) is 6.85. The molecule has 3 N–H and O–H groups in total. The van der Waals surface area contributed by atoms with E-state index >= 15 is 0 Å². The van der Waals surface area contributed by atoms with Crippen LogP contribution in [0, 0.1) is 0 Å². The Bertz CT molecular complexity index is 852. The van der Waals surface area contributed by atoms with Crippen molar-refractivity contribution in [2.45, 2.75) is 0 Å². The number of methoxy groups -OCH3 is 1. The largest absolute Gasteiger partial charge is 0.504 e. The van der Waals surface area contributed by atoms with Gasteiger partial charge >= 0.3 is 0 Å². The Labute approximate surface area is 131 Å². The topological polar surface area (TPSA) is 77.6 Å². The Morgan fingerprint density at radius 3 is 2.64 bits per heavy atom. The first kappa shape index (κ1) is 14.3. The highest BCUT2D eigenvalue weighted by atomic mass is 35.5. The summed E-state index contributed by atoms with van der Waals surface area (Å²) < 4.78 is 11.0. The molecule has 5 nitrogen and oxygen atoms in total. The summed E-state index contributed by atoms with van der Waals surface area (Å²) in [6, 6.07) is 9.92. The summed E-state index contributed by atoms with van der Waals surface area (Å²) in [6.07, 6.45) is 1.59. The summed E-state index contributed by atoms with van der Waals surface area (Å²) in [5.74, 6) is 1.39. The van der Waals surface area contributed by atoms with E-state index in [1.54, 1.807) is 36.5 Å². The average molecular weight is 317 g/mol. The van der Waals surface area contributed by atoms with Crippen molar-refractivity contribution in [2.75, 3.05) is 12.8 Å². The lowest BCUT2D eigenvalue weighted by Crippen LogP contribution is -1.91. The minimum absolute atomic E-state index is 0.0187. The molecule has 2 aromatic carbocycles. The van der Waals surface area contributed by atoms with E-state index in [9.17, 15) is 5.11 Å². The third-order valence-electron chi connectivity index (χ3n) is 3.18. The van der Waals surface area contributed by atoms with Crippen molar-refractivity contribution in [3.05, 3.63) is 47.6 Å². The molecule has 0 aliphatic heterocycles. The quantitative estimate of drug-likeness (QED) is 0.715. The van der Waals surface area contributed by atoms with Crippen LogP contribution in [0.2, 0.25) is 5.02 Å². The summed E-state index contributed by atoms with van der Waals surface area (Å²) in [7, 11) is 1.48. The smallest absolute Gasteiger partial charge is 0.161 e. The molecule has 6 heteroatoms. The minimum Gasteiger partial charge on any atom is -0.504 e. The SMILES string of the molecule is COc1cc2c(Oc3ccc(N)cc3Cl)ccnc2cc1O. The molecule has 0 saturated carbocycles. The van der Waals surface area contributed by atoms with Crippen LogP contribution in [0.5, 0.6) is 23.0 Å². The van der Waals surface area contributed by atoms with Gasteiger partial charge in [-0.15, -0.1) is 0 Å². The molecular formula is C16H13ClN2O3. The number of nitrogens with two attached hydrogens (primary N) is 1. The Balaban J connectivity index is 2.10. The number of aromatic hydroxyl groups is 1. The number of rotatable bonds is 3. The van der Waals surface area contributed by atoms with Gasteiger partial charge in [-0.2, -0.15) is 0 Å². The highest BCUT2D eigenvalue weighted by Gasteiger charge is 2.11. The van der Waals surface area contributed by atoms with Gasteiger partial charge in [-0.1, -0.05) is 11.6 Å². The first-order chi connectivity index (χ1) is 10.6. The molecule has 0 bridgehead atoms. The summed E-state index contributed by atoms with van der Waals surface area (Å²) >= 11 is 6.13. The number of hydrogen-bond donors (Lipinski definition) is 2.